The Hall–Kier alpha value is -2.58. The molecule has 5 atom stereocenters. The van der Waals surface area contributed by atoms with E-state index >= 15 is 0 Å². The van der Waals surface area contributed by atoms with Crippen LogP contribution in [-0.2, 0) is 14.4 Å². The Morgan fingerprint density at radius 3 is 2.38 bits per heavy atom. The summed E-state index contributed by atoms with van der Waals surface area (Å²) in [5.41, 5.74) is 0.803. The molecule has 1 aliphatic carbocycles. The number of carbonyl (C=O) groups is 3. The molecule has 1 unspecified atom stereocenters. The molecule has 3 amide bonds. The summed E-state index contributed by atoms with van der Waals surface area (Å²) in [7, 11) is 0. The molecule has 7 nitrogen and oxygen atoms in total. The molecule has 0 bridgehead atoms. The Kier molecular flexibility index (Phi) is 6.23. The molecule has 8 heteroatoms. The van der Waals surface area contributed by atoms with E-state index in [1.807, 2.05) is 48.2 Å². The lowest BCUT2D eigenvalue weighted by molar-refractivity contribution is -0.144. The zero-order valence-corrected chi connectivity index (χ0v) is 22.1. The number of carbonyl (C=O) groups excluding carboxylic acids is 3. The number of β-amino-alcohol motifs (C(OH)–C–C–N with tert-alkyl or cyclic N) is 1. The third-order valence-corrected chi connectivity index (χ3v) is 10.8. The number of nitrogens with zero attached hydrogens (tertiary/aromatic N) is 3. The zero-order valence-electron chi connectivity index (χ0n) is 21.3. The first-order valence-electron chi connectivity index (χ1n) is 13.5. The van der Waals surface area contributed by atoms with E-state index in [-0.39, 0.29) is 36.9 Å². The Balaban J connectivity index is 1.44. The van der Waals surface area contributed by atoms with Gasteiger partial charge in [0.2, 0.25) is 17.7 Å². The topological polar surface area (TPSA) is 81.2 Å². The number of hydrogen-bond acceptors (Lipinski definition) is 5. The second-order valence-corrected chi connectivity index (χ2v) is 12.9. The van der Waals surface area contributed by atoms with Crippen molar-refractivity contribution >= 4 is 35.2 Å². The summed E-state index contributed by atoms with van der Waals surface area (Å²) in [4.78, 5) is 48.1. The maximum atomic E-state index is 14.3. The summed E-state index contributed by atoms with van der Waals surface area (Å²) >= 11 is 1.60. The van der Waals surface area contributed by atoms with Crippen molar-refractivity contribution in [1.82, 2.24) is 9.80 Å². The predicted octanol–water partition coefficient (Wildman–Crippen LogP) is 3.00. The third kappa shape index (κ3) is 3.70. The number of aliphatic hydroxyl groups is 1. The van der Waals surface area contributed by atoms with E-state index < -0.39 is 27.4 Å². The second-order valence-electron chi connectivity index (χ2n) is 11.1. The van der Waals surface area contributed by atoms with Crippen molar-refractivity contribution in [3.05, 3.63) is 54.6 Å². The lowest BCUT2D eigenvalue weighted by atomic mass is 9.74. The molecule has 6 rings (SSSR count). The molecule has 196 valence electrons. The second kappa shape index (κ2) is 9.31. The fourth-order valence-corrected chi connectivity index (χ4v) is 9.61. The van der Waals surface area contributed by atoms with Crippen molar-refractivity contribution < 1.29 is 19.5 Å². The summed E-state index contributed by atoms with van der Waals surface area (Å²) < 4.78 is -1.49. The van der Waals surface area contributed by atoms with Gasteiger partial charge < -0.3 is 19.8 Å². The van der Waals surface area contributed by atoms with Gasteiger partial charge in [-0.3, -0.25) is 14.4 Å². The Bertz CT molecular complexity index is 1150. The number of anilines is 1. The summed E-state index contributed by atoms with van der Waals surface area (Å²) in [6, 6.07) is 9.03. The fraction of sp³-hybridized carbons (Fsp3) is 0.552. The first-order valence-corrected chi connectivity index (χ1v) is 14.4. The van der Waals surface area contributed by atoms with Gasteiger partial charge in [0, 0.05) is 36.1 Å². The first kappa shape index (κ1) is 24.7. The average Bonchev–Trinajstić information content (AvgIpc) is 3.16. The smallest absolute Gasteiger partial charge is 0.247 e. The number of benzene rings is 1. The van der Waals surface area contributed by atoms with Crippen molar-refractivity contribution in [1.29, 1.82) is 0 Å². The molecule has 1 aromatic rings. The highest BCUT2D eigenvalue weighted by Crippen LogP contribution is 2.65. The van der Waals surface area contributed by atoms with Gasteiger partial charge in [0.25, 0.3) is 0 Å². The summed E-state index contributed by atoms with van der Waals surface area (Å²) in [6.07, 6.45) is 13.6. The SMILES string of the molecule is C[C@]12C=CCN(c3ccccc3)C(=O)[C@H]1[C@H]1C(=O)N(CCO)C3C(=O)N(C4CCCCC4)CC=C[C@@]31S2. The number of aliphatic hydroxyl groups excluding tert-OH is 1. The molecule has 0 radical (unpaired) electrons. The maximum absolute atomic E-state index is 14.3. The molecular formula is C29H35N3O4S. The van der Waals surface area contributed by atoms with Crippen LogP contribution >= 0.6 is 11.8 Å². The van der Waals surface area contributed by atoms with E-state index in [0.29, 0.717) is 13.1 Å². The van der Waals surface area contributed by atoms with Crippen molar-refractivity contribution in [3.8, 4) is 0 Å². The minimum absolute atomic E-state index is 0.0369. The van der Waals surface area contributed by atoms with Gasteiger partial charge in [-0.25, -0.2) is 0 Å². The minimum Gasteiger partial charge on any atom is -0.395 e. The van der Waals surface area contributed by atoms with Crippen LogP contribution in [0.5, 0.6) is 0 Å². The molecule has 3 fully saturated rings. The van der Waals surface area contributed by atoms with Crippen LogP contribution < -0.4 is 4.90 Å². The molecule has 0 aromatic heterocycles. The van der Waals surface area contributed by atoms with Gasteiger partial charge >= 0.3 is 0 Å². The van der Waals surface area contributed by atoms with Gasteiger partial charge in [0.1, 0.15) is 6.04 Å². The highest BCUT2D eigenvalue weighted by atomic mass is 32.2. The summed E-state index contributed by atoms with van der Waals surface area (Å²) in [6.45, 7) is 2.88. The van der Waals surface area contributed by atoms with Crippen LogP contribution in [0.1, 0.15) is 39.0 Å². The van der Waals surface area contributed by atoms with Crippen LogP contribution in [0.15, 0.2) is 54.6 Å². The third-order valence-electron chi connectivity index (χ3n) is 9.01. The van der Waals surface area contributed by atoms with Gasteiger partial charge in [0.15, 0.2) is 0 Å². The van der Waals surface area contributed by atoms with Crippen molar-refractivity contribution in [2.45, 2.75) is 60.6 Å². The molecule has 2 saturated heterocycles. The van der Waals surface area contributed by atoms with Crippen LogP contribution in [0, 0.1) is 11.8 Å². The number of amides is 3. The van der Waals surface area contributed by atoms with Crippen molar-refractivity contribution in [2.75, 3.05) is 31.1 Å². The van der Waals surface area contributed by atoms with E-state index in [0.717, 1.165) is 31.4 Å². The van der Waals surface area contributed by atoms with Crippen molar-refractivity contribution in [3.63, 3.8) is 0 Å². The number of rotatable bonds is 4. The number of hydrogen-bond donors (Lipinski definition) is 1. The quantitative estimate of drug-likeness (QED) is 0.616. The van der Waals surface area contributed by atoms with E-state index in [2.05, 4.69) is 18.2 Å². The minimum atomic E-state index is -0.855. The Labute approximate surface area is 222 Å². The van der Waals surface area contributed by atoms with Gasteiger partial charge in [0.05, 0.1) is 23.2 Å². The van der Waals surface area contributed by atoms with Crippen LogP contribution in [-0.4, -0.2) is 80.4 Å². The lowest BCUT2D eigenvalue weighted by Gasteiger charge is -2.39. The summed E-state index contributed by atoms with van der Waals surface area (Å²) in [5.74, 6) is -1.60. The summed E-state index contributed by atoms with van der Waals surface area (Å²) in [5, 5.41) is 9.91. The van der Waals surface area contributed by atoms with Gasteiger partial charge in [-0.1, -0.05) is 61.8 Å². The van der Waals surface area contributed by atoms with E-state index in [4.69, 9.17) is 0 Å². The monoisotopic (exact) mass is 521 g/mol. The molecule has 1 N–H and O–H groups in total. The van der Waals surface area contributed by atoms with Crippen LogP contribution in [0.4, 0.5) is 5.69 Å². The number of fused-ring (bicyclic) bond motifs is 2. The maximum Gasteiger partial charge on any atom is 0.247 e. The normalized spacial score (nSPS) is 35.9. The van der Waals surface area contributed by atoms with Crippen LogP contribution in [0.25, 0.3) is 0 Å². The number of para-hydroxylation sites is 1. The van der Waals surface area contributed by atoms with Crippen LogP contribution in [0.3, 0.4) is 0 Å². The molecule has 4 heterocycles. The molecule has 1 aromatic carbocycles. The fourth-order valence-electron chi connectivity index (χ4n) is 7.45. The Morgan fingerprint density at radius 1 is 0.919 bits per heavy atom. The number of likely N-dealkylation sites (tertiary alicyclic amines) is 1. The largest absolute Gasteiger partial charge is 0.395 e. The number of thioether (sulfide) groups is 1. The predicted molar refractivity (Wildman–Crippen MR) is 144 cm³/mol. The molecule has 4 aliphatic heterocycles. The van der Waals surface area contributed by atoms with E-state index in [9.17, 15) is 19.5 Å². The van der Waals surface area contributed by atoms with E-state index in [1.54, 1.807) is 21.6 Å². The molecule has 1 spiro atoms. The zero-order chi connectivity index (χ0) is 25.8. The standard InChI is InChI=1S/C29H35N3O4S/c1-28-14-8-16-30(20-10-4-2-5-11-20)25(34)22(28)23-26(35)32(18-19-33)24-27(36)31(21-12-6-3-7-13-21)17-9-15-29(23,24)37-28/h2,4-5,8-11,14-15,21-24,33H,3,6-7,12-13,16-19H2,1H3/t22-,23+,24?,28+,29+/m1/s1. The van der Waals surface area contributed by atoms with Gasteiger partial charge in [-0.15, -0.1) is 11.8 Å². The lowest BCUT2D eigenvalue weighted by Crippen LogP contribution is -2.56. The van der Waals surface area contributed by atoms with Crippen molar-refractivity contribution in [2.24, 2.45) is 11.8 Å². The Morgan fingerprint density at radius 2 is 1.65 bits per heavy atom. The first-order chi connectivity index (χ1) is 17.9. The molecule has 1 saturated carbocycles. The van der Waals surface area contributed by atoms with Gasteiger partial charge in [-0.05, 0) is 31.9 Å². The highest BCUT2D eigenvalue weighted by molar-refractivity contribution is 8.02. The van der Waals surface area contributed by atoms with E-state index in [1.165, 1.54) is 6.42 Å². The average molecular weight is 522 g/mol. The highest BCUT2D eigenvalue weighted by Gasteiger charge is 2.74. The molecule has 37 heavy (non-hydrogen) atoms. The van der Waals surface area contributed by atoms with Crippen LogP contribution in [0.2, 0.25) is 0 Å². The van der Waals surface area contributed by atoms with Gasteiger partial charge in [-0.2, -0.15) is 0 Å². The molecule has 5 aliphatic rings. The molecular weight excluding hydrogens is 486 g/mol.